The predicted molar refractivity (Wildman–Crippen MR) is 74.7 cm³/mol. The molecule has 16 heavy (non-hydrogen) atoms. The Morgan fingerprint density at radius 1 is 0.812 bits per heavy atom. The lowest BCUT2D eigenvalue weighted by Crippen LogP contribution is -2.33. The quantitative estimate of drug-likeness (QED) is 0.553. The topological polar surface area (TPSA) is 0 Å². The predicted octanol–water partition coefficient (Wildman–Crippen LogP) is 4.89. The first-order valence-electron chi connectivity index (χ1n) is 7.29. The highest BCUT2D eigenvalue weighted by atomic mass is 14.4. The van der Waals surface area contributed by atoms with Crippen LogP contribution in [-0.2, 0) is 0 Å². The van der Waals surface area contributed by atoms with Crippen molar-refractivity contribution in [1.82, 2.24) is 0 Å². The zero-order chi connectivity index (χ0) is 11.3. The molecule has 0 aromatic rings. The molecule has 3 unspecified atom stereocenters. The first kappa shape index (κ1) is 16.1. The van der Waals surface area contributed by atoms with E-state index in [-0.39, 0.29) is 8.41 Å². The Morgan fingerprint density at radius 3 is 2.00 bits per heavy atom. The molecule has 1 heteroatoms. The van der Waals surface area contributed by atoms with Gasteiger partial charge < -0.3 is 0 Å². The fourth-order valence-corrected chi connectivity index (χ4v) is 3.82. The van der Waals surface area contributed by atoms with Crippen molar-refractivity contribution < 1.29 is 0 Å². The van der Waals surface area contributed by atoms with Crippen LogP contribution in [0.5, 0.6) is 0 Å². The highest BCUT2D eigenvalue weighted by Crippen LogP contribution is 2.46. The van der Waals surface area contributed by atoms with E-state index in [0.29, 0.717) is 0 Å². The zero-order valence-electron chi connectivity index (χ0n) is 11.8. The van der Waals surface area contributed by atoms with Crippen LogP contribution in [0.2, 0.25) is 0 Å². The minimum absolute atomic E-state index is 0. The third-order valence-corrected chi connectivity index (χ3v) is 4.49. The molecular formula is C15H30B. The van der Waals surface area contributed by atoms with Crippen LogP contribution < -0.4 is 0 Å². The molecule has 93 valence electrons. The smallest absolute Gasteiger partial charge is 0 e. The molecule has 2 aliphatic rings. The van der Waals surface area contributed by atoms with Crippen LogP contribution in [-0.4, -0.2) is 8.41 Å². The van der Waals surface area contributed by atoms with Crippen molar-refractivity contribution in [2.45, 2.75) is 72.6 Å². The zero-order valence-corrected chi connectivity index (χ0v) is 11.8. The summed E-state index contributed by atoms with van der Waals surface area (Å²) >= 11 is 0. The number of hydrogen-bond donors (Lipinski definition) is 0. The van der Waals surface area contributed by atoms with Crippen molar-refractivity contribution in [2.75, 3.05) is 0 Å². The molecule has 0 saturated heterocycles. The van der Waals surface area contributed by atoms with Gasteiger partial charge in [-0.2, -0.15) is 0 Å². The Kier molecular flexibility index (Phi) is 8.23. The molecule has 3 atom stereocenters. The molecule has 3 radical (unpaired) electrons. The Morgan fingerprint density at radius 2 is 1.38 bits per heavy atom. The Balaban J connectivity index is 0.000000711. The van der Waals surface area contributed by atoms with Crippen LogP contribution in [0.15, 0.2) is 0 Å². The summed E-state index contributed by atoms with van der Waals surface area (Å²) in [5.41, 5.74) is 0. The average molecular weight is 221 g/mol. The summed E-state index contributed by atoms with van der Waals surface area (Å²) in [7, 11) is 0. The Bertz CT molecular complexity index is 163. The molecule has 0 aromatic heterocycles. The summed E-state index contributed by atoms with van der Waals surface area (Å²) in [5.74, 6) is 4.24. The Hall–Kier alpha value is 0.0649. The number of hydrogen-bond acceptors (Lipinski definition) is 0. The summed E-state index contributed by atoms with van der Waals surface area (Å²) in [6, 6.07) is 0. The van der Waals surface area contributed by atoms with Crippen molar-refractivity contribution in [3.63, 3.8) is 0 Å². The van der Waals surface area contributed by atoms with Gasteiger partial charge in [-0.15, -0.1) is 0 Å². The second-order valence-corrected chi connectivity index (χ2v) is 5.55. The van der Waals surface area contributed by atoms with Crippen molar-refractivity contribution in [1.29, 1.82) is 0 Å². The summed E-state index contributed by atoms with van der Waals surface area (Å²) < 4.78 is 0. The molecule has 0 aromatic carbocycles. The maximum atomic E-state index is 2.43. The summed E-state index contributed by atoms with van der Waals surface area (Å²) in [5, 5.41) is 0. The van der Waals surface area contributed by atoms with Crippen LogP contribution in [0.25, 0.3) is 0 Å². The van der Waals surface area contributed by atoms with Crippen molar-refractivity contribution in [3.8, 4) is 0 Å². The van der Waals surface area contributed by atoms with E-state index in [1.54, 1.807) is 19.3 Å². The average Bonchev–Trinajstić information content (AvgIpc) is 2.31. The van der Waals surface area contributed by atoms with Gasteiger partial charge in [-0.25, -0.2) is 0 Å². The standard InChI is InChI=1S/C13H24.C2H6.B/c1-10(2)12-9-5-7-11-6-3-4-8-13(11)12;1-2;/h10-13H,3-9H2,1-2H3;1-2H3;. The van der Waals surface area contributed by atoms with Crippen molar-refractivity contribution in [3.05, 3.63) is 0 Å². The molecular weight excluding hydrogens is 191 g/mol. The molecule has 0 N–H and O–H groups in total. The normalized spacial score (nSPS) is 33.2. The van der Waals surface area contributed by atoms with Crippen LogP contribution in [0.4, 0.5) is 0 Å². The third-order valence-electron chi connectivity index (χ3n) is 4.49. The fourth-order valence-electron chi connectivity index (χ4n) is 3.82. The third kappa shape index (κ3) is 3.82. The molecule has 0 heterocycles. The minimum atomic E-state index is 0. The largest absolute Gasteiger partial charge is 0.0683 e. The lowest BCUT2D eigenvalue weighted by atomic mass is 9.63. The van der Waals surface area contributed by atoms with E-state index in [2.05, 4.69) is 13.8 Å². The van der Waals surface area contributed by atoms with Crippen molar-refractivity contribution >= 4 is 8.41 Å². The first-order valence-corrected chi connectivity index (χ1v) is 7.29. The van der Waals surface area contributed by atoms with Gasteiger partial charge in [0.25, 0.3) is 0 Å². The molecule has 0 aliphatic heterocycles. The molecule has 0 amide bonds. The van der Waals surface area contributed by atoms with E-state index in [1.807, 2.05) is 13.8 Å². The van der Waals surface area contributed by atoms with Crippen LogP contribution in [0, 0.1) is 23.7 Å². The van der Waals surface area contributed by atoms with Gasteiger partial charge in [0.15, 0.2) is 0 Å². The fraction of sp³-hybridized carbons (Fsp3) is 1.00. The monoisotopic (exact) mass is 221 g/mol. The number of rotatable bonds is 1. The summed E-state index contributed by atoms with van der Waals surface area (Å²) in [6.45, 7) is 8.86. The summed E-state index contributed by atoms with van der Waals surface area (Å²) in [4.78, 5) is 0. The van der Waals surface area contributed by atoms with Gasteiger partial charge in [0, 0.05) is 8.41 Å². The maximum Gasteiger partial charge on any atom is 0 e. The van der Waals surface area contributed by atoms with Gasteiger partial charge in [0.05, 0.1) is 0 Å². The van der Waals surface area contributed by atoms with Crippen molar-refractivity contribution in [2.24, 2.45) is 23.7 Å². The lowest BCUT2D eigenvalue weighted by Gasteiger charge is -2.43. The van der Waals surface area contributed by atoms with E-state index in [4.69, 9.17) is 0 Å². The summed E-state index contributed by atoms with van der Waals surface area (Å²) in [6.07, 6.45) is 10.7. The van der Waals surface area contributed by atoms with Gasteiger partial charge in [-0.1, -0.05) is 59.8 Å². The van der Waals surface area contributed by atoms with Gasteiger partial charge in [-0.05, 0) is 36.5 Å². The van der Waals surface area contributed by atoms with Gasteiger partial charge in [0.2, 0.25) is 0 Å². The van der Waals surface area contributed by atoms with Crippen LogP contribution in [0.1, 0.15) is 72.6 Å². The van der Waals surface area contributed by atoms with E-state index in [1.165, 1.54) is 25.7 Å². The van der Waals surface area contributed by atoms with Gasteiger partial charge >= 0.3 is 0 Å². The maximum absolute atomic E-state index is 2.43. The lowest BCUT2D eigenvalue weighted by molar-refractivity contribution is 0.0747. The van der Waals surface area contributed by atoms with E-state index < -0.39 is 0 Å². The molecule has 0 bridgehead atoms. The van der Waals surface area contributed by atoms with E-state index in [0.717, 1.165) is 23.7 Å². The highest BCUT2D eigenvalue weighted by molar-refractivity contribution is 5.75. The second-order valence-electron chi connectivity index (χ2n) is 5.55. The molecule has 0 spiro atoms. The second kappa shape index (κ2) is 8.20. The Labute approximate surface area is 105 Å². The molecule has 0 nitrogen and oxygen atoms in total. The molecule has 2 aliphatic carbocycles. The van der Waals surface area contributed by atoms with E-state index in [9.17, 15) is 0 Å². The first-order chi connectivity index (χ1) is 7.29. The molecule has 2 rings (SSSR count). The molecule has 2 fully saturated rings. The van der Waals surface area contributed by atoms with Crippen LogP contribution in [0.3, 0.4) is 0 Å². The SMILES string of the molecule is CC.CC(C)C1CCCC2CCCCC21.[B]. The minimum Gasteiger partial charge on any atom is -0.0683 e. The number of fused-ring (bicyclic) bond motifs is 1. The molecule has 2 saturated carbocycles. The highest BCUT2D eigenvalue weighted by Gasteiger charge is 2.35. The van der Waals surface area contributed by atoms with Gasteiger partial charge in [0.1, 0.15) is 0 Å². The van der Waals surface area contributed by atoms with Gasteiger partial charge in [-0.3, -0.25) is 0 Å². The van der Waals surface area contributed by atoms with E-state index >= 15 is 0 Å². The van der Waals surface area contributed by atoms with Crippen LogP contribution >= 0.6 is 0 Å².